The Morgan fingerprint density at radius 3 is 2.33 bits per heavy atom. The summed E-state index contributed by atoms with van der Waals surface area (Å²) in [6, 6.07) is 3.11. The van der Waals surface area contributed by atoms with Crippen molar-refractivity contribution in [2.24, 2.45) is 0 Å². The lowest BCUT2D eigenvalue weighted by molar-refractivity contribution is -0.109. The van der Waals surface area contributed by atoms with Crippen LogP contribution in [-0.4, -0.2) is 6.41 Å². The molecule has 12 heavy (non-hydrogen) atoms. The molecule has 0 atom stereocenters. The molecule has 0 bridgehead atoms. The van der Waals surface area contributed by atoms with Crippen LogP contribution in [-0.2, 0) is 11.3 Å². The van der Waals surface area contributed by atoms with E-state index in [-0.39, 0.29) is 6.54 Å². The van der Waals surface area contributed by atoms with Crippen LogP contribution in [0, 0.1) is 11.6 Å². The number of rotatable bonds is 3. The van der Waals surface area contributed by atoms with E-state index in [4.69, 9.17) is 0 Å². The Morgan fingerprint density at radius 2 is 1.83 bits per heavy atom. The van der Waals surface area contributed by atoms with Crippen LogP contribution in [0.25, 0.3) is 0 Å². The largest absolute Gasteiger partial charge is 0.355 e. The average Bonchev–Trinajstić information content (AvgIpc) is 1.99. The summed E-state index contributed by atoms with van der Waals surface area (Å²) < 4.78 is 25.0. The maximum absolute atomic E-state index is 12.5. The summed E-state index contributed by atoms with van der Waals surface area (Å²) >= 11 is 0. The zero-order chi connectivity index (χ0) is 8.97. The van der Waals surface area contributed by atoms with E-state index >= 15 is 0 Å². The highest BCUT2D eigenvalue weighted by Gasteiger charge is 1.98. The van der Waals surface area contributed by atoms with Gasteiger partial charge in [0.1, 0.15) is 11.6 Å². The monoisotopic (exact) mass is 171 g/mol. The molecule has 0 aromatic heterocycles. The number of carbonyl (C=O) groups excluding carboxylic acids is 1. The average molecular weight is 171 g/mol. The third kappa shape index (κ3) is 2.30. The fraction of sp³-hybridized carbons (Fsp3) is 0.125. The van der Waals surface area contributed by atoms with Gasteiger partial charge >= 0.3 is 0 Å². The molecule has 1 N–H and O–H groups in total. The van der Waals surface area contributed by atoms with Crippen LogP contribution in [0.4, 0.5) is 8.78 Å². The quantitative estimate of drug-likeness (QED) is 0.680. The number of hydrogen-bond acceptors (Lipinski definition) is 1. The smallest absolute Gasteiger partial charge is 0.207 e. The zero-order valence-corrected chi connectivity index (χ0v) is 6.18. The van der Waals surface area contributed by atoms with Crippen molar-refractivity contribution in [3.8, 4) is 0 Å². The SMILES string of the molecule is O=CNCc1cc(F)cc(F)c1. The molecule has 4 heteroatoms. The van der Waals surface area contributed by atoms with Gasteiger partial charge in [0, 0.05) is 12.6 Å². The molecular weight excluding hydrogens is 164 g/mol. The van der Waals surface area contributed by atoms with E-state index in [1.807, 2.05) is 0 Å². The molecule has 1 amide bonds. The standard InChI is InChI=1S/C8H7F2NO/c9-7-1-6(4-11-5-12)2-8(10)3-7/h1-3,5H,4H2,(H,11,12). The van der Waals surface area contributed by atoms with Crippen LogP contribution < -0.4 is 5.32 Å². The third-order valence-electron chi connectivity index (χ3n) is 1.31. The molecule has 1 rings (SSSR count). The normalized spacial score (nSPS) is 9.50. The van der Waals surface area contributed by atoms with Crippen molar-refractivity contribution in [2.45, 2.75) is 6.54 Å². The van der Waals surface area contributed by atoms with E-state index < -0.39 is 11.6 Å². The fourth-order valence-electron chi connectivity index (χ4n) is 0.873. The van der Waals surface area contributed by atoms with Crippen LogP contribution in [0.1, 0.15) is 5.56 Å². The van der Waals surface area contributed by atoms with Gasteiger partial charge in [-0.2, -0.15) is 0 Å². The highest BCUT2D eigenvalue weighted by Crippen LogP contribution is 2.06. The van der Waals surface area contributed by atoms with Gasteiger partial charge < -0.3 is 5.32 Å². The van der Waals surface area contributed by atoms with Crippen LogP contribution in [0.3, 0.4) is 0 Å². The number of carbonyl (C=O) groups is 1. The van der Waals surface area contributed by atoms with Crippen molar-refractivity contribution in [1.29, 1.82) is 0 Å². The highest BCUT2D eigenvalue weighted by molar-refractivity contribution is 5.46. The molecule has 1 aromatic rings. The summed E-state index contributed by atoms with van der Waals surface area (Å²) in [5.41, 5.74) is 0.402. The first-order valence-corrected chi connectivity index (χ1v) is 3.34. The van der Waals surface area contributed by atoms with E-state index in [2.05, 4.69) is 5.32 Å². The van der Waals surface area contributed by atoms with Crippen molar-refractivity contribution < 1.29 is 13.6 Å². The van der Waals surface area contributed by atoms with Crippen molar-refractivity contribution in [1.82, 2.24) is 5.32 Å². The van der Waals surface area contributed by atoms with Gasteiger partial charge in [-0.05, 0) is 17.7 Å². The summed E-state index contributed by atoms with van der Waals surface area (Å²) in [6.45, 7) is 0.137. The Kier molecular flexibility index (Phi) is 2.74. The van der Waals surface area contributed by atoms with Crippen molar-refractivity contribution in [3.05, 3.63) is 35.4 Å². The summed E-state index contributed by atoms with van der Waals surface area (Å²) in [5, 5.41) is 2.31. The van der Waals surface area contributed by atoms with Crippen molar-refractivity contribution >= 4 is 6.41 Å². The second-order valence-electron chi connectivity index (χ2n) is 2.28. The van der Waals surface area contributed by atoms with Crippen LogP contribution in [0.5, 0.6) is 0 Å². The minimum Gasteiger partial charge on any atom is -0.355 e. The zero-order valence-electron chi connectivity index (χ0n) is 6.18. The highest BCUT2D eigenvalue weighted by atomic mass is 19.1. The Hall–Kier alpha value is -1.45. The van der Waals surface area contributed by atoms with Crippen LogP contribution in [0.2, 0.25) is 0 Å². The second-order valence-corrected chi connectivity index (χ2v) is 2.28. The predicted molar refractivity (Wildman–Crippen MR) is 39.3 cm³/mol. The van der Waals surface area contributed by atoms with Gasteiger partial charge in [0.2, 0.25) is 6.41 Å². The molecule has 0 aliphatic rings. The fourth-order valence-corrected chi connectivity index (χ4v) is 0.873. The molecule has 64 valence electrons. The second kappa shape index (κ2) is 3.80. The van der Waals surface area contributed by atoms with E-state index in [0.29, 0.717) is 12.0 Å². The maximum atomic E-state index is 12.5. The molecule has 0 radical (unpaired) electrons. The molecule has 0 heterocycles. The lowest BCUT2D eigenvalue weighted by Crippen LogP contribution is -2.09. The number of amides is 1. The van der Waals surface area contributed by atoms with E-state index in [0.717, 1.165) is 6.07 Å². The minimum absolute atomic E-state index is 0.137. The van der Waals surface area contributed by atoms with Gasteiger partial charge in [-0.15, -0.1) is 0 Å². The van der Waals surface area contributed by atoms with Gasteiger partial charge in [-0.1, -0.05) is 0 Å². The molecule has 0 aliphatic heterocycles. The van der Waals surface area contributed by atoms with E-state index in [9.17, 15) is 13.6 Å². The molecular formula is C8H7F2NO. The van der Waals surface area contributed by atoms with Crippen LogP contribution >= 0.6 is 0 Å². The number of halogens is 2. The van der Waals surface area contributed by atoms with Gasteiger partial charge in [0.25, 0.3) is 0 Å². The lowest BCUT2D eigenvalue weighted by Gasteiger charge is -1.99. The molecule has 1 aromatic carbocycles. The van der Waals surface area contributed by atoms with Gasteiger partial charge in [0.15, 0.2) is 0 Å². The van der Waals surface area contributed by atoms with Gasteiger partial charge in [0.05, 0.1) is 0 Å². The van der Waals surface area contributed by atoms with E-state index in [1.165, 1.54) is 12.1 Å². The van der Waals surface area contributed by atoms with Crippen LogP contribution in [0.15, 0.2) is 18.2 Å². The van der Waals surface area contributed by atoms with Crippen molar-refractivity contribution in [3.63, 3.8) is 0 Å². The summed E-state index contributed by atoms with van der Waals surface area (Å²) in [5.74, 6) is -1.28. The first-order valence-electron chi connectivity index (χ1n) is 3.34. The van der Waals surface area contributed by atoms with Gasteiger partial charge in [-0.3, -0.25) is 4.79 Å². The first kappa shape index (κ1) is 8.64. The summed E-state index contributed by atoms with van der Waals surface area (Å²) in [6.07, 6.45) is 0.475. The van der Waals surface area contributed by atoms with Crippen molar-refractivity contribution in [2.75, 3.05) is 0 Å². The Morgan fingerprint density at radius 1 is 1.25 bits per heavy atom. The predicted octanol–water partition coefficient (Wildman–Crippen LogP) is 1.21. The maximum Gasteiger partial charge on any atom is 0.207 e. The first-order chi connectivity index (χ1) is 5.72. The Labute approximate surface area is 68.2 Å². The topological polar surface area (TPSA) is 29.1 Å². The number of nitrogens with one attached hydrogen (secondary N) is 1. The molecule has 2 nitrogen and oxygen atoms in total. The summed E-state index contributed by atoms with van der Waals surface area (Å²) in [7, 11) is 0. The Balaban J connectivity index is 2.78. The Bertz CT molecular complexity index is 268. The minimum atomic E-state index is -0.641. The van der Waals surface area contributed by atoms with E-state index in [1.54, 1.807) is 0 Å². The third-order valence-corrected chi connectivity index (χ3v) is 1.31. The molecule has 0 saturated carbocycles. The molecule has 0 unspecified atom stereocenters. The molecule has 0 saturated heterocycles. The van der Waals surface area contributed by atoms with Gasteiger partial charge in [-0.25, -0.2) is 8.78 Å². The molecule has 0 spiro atoms. The number of hydrogen-bond donors (Lipinski definition) is 1. The molecule has 0 fully saturated rings. The summed E-state index contributed by atoms with van der Waals surface area (Å²) in [4.78, 5) is 9.85. The number of benzene rings is 1. The lowest BCUT2D eigenvalue weighted by atomic mass is 10.2. The molecule has 0 aliphatic carbocycles.